The van der Waals surface area contributed by atoms with Crippen LogP contribution in [0.1, 0.15) is 37.1 Å². The van der Waals surface area contributed by atoms with E-state index in [2.05, 4.69) is 10.9 Å². The van der Waals surface area contributed by atoms with Crippen LogP contribution in [0.25, 0.3) is 10.1 Å². The van der Waals surface area contributed by atoms with Gasteiger partial charge in [-0.25, -0.2) is 4.39 Å². The summed E-state index contributed by atoms with van der Waals surface area (Å²) in [6.07, 6.45) is 0. The molecular weight excluding hydrogens is 331 g/mol. The summed E-state index contributed by atoms with van der Waals surface area (Å²) in [4.78, 5) is 24.8. The lowest BCUT2D eigenvalue weighted by molar-refractivity contribution is 0.0847. The first-order chi connectivity index (χ1) is 11.4. The van der Waals surface area contributed by atoms with Gasteiger partial charge in [0.1, 0.15) is 17.3 Å². The number of benzene rings is 1. The third kappa shape index (κ3) is 2.78. The molecule has 0 radical (unpaired) electrons. The Hall–Kier alpha value is -2.67. The lowest BCUT2D eigenvalue weighted by Crippen LogP contribution is -2.41. The number of fused-ring (bicyclic) bond motifs is 1. The SMILES string of the molecule is Cc1cc(C(=O)NNC(=O)c2sc3cccc(F)c3c2C)c(C)o1. The van der Waals surface area contributed by atoms with Crippen molar-refractivity contribution in [2.75, 3.05) is 0 Å². The Morgan fingerprint density at radius 3 is 2.46 bits per heavy atom. The average Bonchev–Trinajstić information content (AvgIpc) is 3.05. The van der Waals surface area contributed by atoms with Gasteiger partial charge in [0.25, 0.3) is 11.8 Å². The second kappa shape index (κ2) is 6.09. The van der Waals surface area contributed by atoms with E-state index < -0.39 is 11.8 Å². The predicted molar refractivity (Wildman–Crippen MR) is 89.6 cm³/mol. The van der Waals surface area contributed by atoms with Crippen LogP contribution >= 0.6 is 11.3 Å². The zero-order valence-corrected chi connectivity index (χ0v) is 14.1. The molecule has 3 rings (SSSR count). The van der Waals surface area contributed by atoms with Gasteiger partial charge in [-0.3, -0.25) is 20.4 Å². The monoisotopic (exact) mass is 346 g/mol. The summed E-state index contributed by atoms with van der Waals surface area (Å²) in [5, 5.41) is 0.431. The van der Waals surface area contributed by atoms with Crippen molar-refractivity contribution in [3.8, 4) is 0 Å². The van der Waals surface area contributed by atoms with Crippen molar-refractivity contribution < 1.29 is 18.4 Å². The van der Waals surface area contributed by atoms with Crippen LogP contribution in [0.4, 0.5) is 4.39 Å². The quantitative estimate of drug-likeness (QED) is 0.696. The highest BCUT2D eigenvalue weighted by Crippen LogP contribution is 2.32. The largest absolute Gasteiger partial charge is 0.466 e. The zero-order valence-electron chi connectivity index (χ0n) is 13.3. The Morgan fingerprint density at radius 2 is 1.83 bits per heavy atom. The molecule has 24 heavy (non-hydrogen) atoms. The summed E-state index contributed by atoms with van der Waals surface area (Å²) in [7, 11) is 0. The van der Waals surface area contributed by atoms with Crippen LogP contribution in [-0.2, 0) is 0 Å². The van der Waals surface area contributed by atoms with Gasteiger partial charge in [-0.2, -0.15) is 0 Å². The summed E-state index contributed by atoms with van der Waals surface area (Å²) in [6.45, 7) is 5.09. The molecule has 0 spiro atoms. The molecule has 3 aromatic rings. The number of hydrazine groups is 1. The second-order valence-electron chi connectivity index (χ2n) is 5.40. The number of carbonyl (C=O) groups excluding carboxylic acids is 2. The summed E-state index contributed by atoms with van der Waals surface area (Å²) in [5.74, 6) is -0.241. The maximum absolute atomic E-state index is 13.9. The molecule has 0 atom stereocenters. The van der Waals surface area contributed by atoms with Gasteiger partial charge >= 0.3 is 0 Å². The van der Waals surface area contributed by atoms with Crippen LogP contribution in [0.5, 0.6) is 0 Å². The summed E-state index contributed by atoms with van der Waals surface area (Å²) in [6, 6.07) is 6.30. The smallest absolute Gasteiger partial charge is 0.280 e. The van der Waals surface area contributed by atoms with Crippen molar-refractivity contribution in [2.45, 2.75) is 20.8 Å². The van der Waals surface area contributed by atoms with E-state index in [0.29, 0.717) is 37.6 Å². The van der Waals surface area contributed by atoms with Crippen LogP contribution in [0.2, 0.25) is 0 Å². The second-order valence-corrected chi connectivity index (χ2v) is 6.46. The highest BCUT2D eigenvalue weighted by Gasteiger charge is 2.19. The predicted octanol–water partition coefficient (Wildman–Crippen LogP) is 3.63. The molecule has 0 saturated heterocycles. The molecule has 124 valence electrons. The molecule has 2 N–H and O–H groups in total. The van der Waals surface area contributed by atoms with E-state index >= 15 is 0 Å². The summed E-state index contributed by atoms with van der Waals surface area (Å²) in [5.41, 5.74) is 5.62. The highest BCUT2D eigenvalue weighted by molar-refractivity contribution is 7.21. The molecule has 2 aromatic heterocycles. The van der Waals surface area contributed by atoms with Crippen LogP contribution in [0.3, 0.4) is 0 Å². The number of halogens is 1. The van der Waals surface area contributed by atoms with Crippen LogP contribution in [0, 0.1) is 26.6 Å². The molecule has 0 fully saturated rings. The maximum atomic E-state index is 13.9. The molecule has 0 bridgehead atoms. The van der Waals surface area contributed by atoms with Gasteiger partial charge in [0, 0.05) is 10.1 Å². The Morgan fingerprint density at radius 1 is 1.12 bits per heavy atom. The van der Waals surface area contributed by atoms with Crippen molar-refractivity contribution in [3.05, 3.63) is 57.6 Å². The standard InChI is InChI=1S/C17H15FN2O3S/c1-8-7-11(10(3)23-8)16(21)19-20-17(22)15-9(2)14-12(18)5-4-6-13(14)24-15/h4-7H,1-3H3,(H,19,21)(H,20,22). The number of furan rings is 1. The van der Waals surface area contributed by atoms with Crippen molar-refractivity contribution in [1.29, 1.82) is 0 Å². The Labute approximate surface area is 141 Å². The summed E-state index contributed by atoms with van der Waals surface area (Å²) >= 11 is 1.18. The molecule has 2 heterocycles. The van der Waals surface area contributed by atoms with Gasteiger partial charge < -0.3 is 4.42 Å². The van der Waals surface area contributed by atoms with Crippen LogP contribution in [0.15, 0.2) is 28.7 Å². The fraction of sp³-hybridized carbons (Fsp3) is 0.176. The van der Waals surface area contributed by atoms with E-state index in [1.54, 1.807) is 39.0 Å². The number of hydrogen-bond donors (Lipinski definition) is 2. The number of carbonyl (C=O) groups is 2. The summed E-state index contributed by atoms with van der Waals surface area (Å²) < 4.78 is 19.9. The zero-order chi connectivity index (χ0) is 17.4. The number of hydrogen-bond acceptors (Lipinski definition) is 4. The first-order valence-electron chi connectivity index (χ1n) is 7.24. The molecule has 2 amide bonds. The molecule has 7 heteroatoms. The molecule has 0 unspecified atom stereocenters. The number of nitrogens with one attached hydrogen (secondary N) is 2. The van der Waals surface area contributed by atoms with Crippen LogP contribution in [-0.4, -0.2) is 11.8 Å². The Kier molecular flexibility index (Phi) is 4.11. The normalized spacial score (nSPS) is 10.8. The minimum atomic E-state index is -0.487. The fourth-order valence-electron chi connectivity index (χ4n) is 2.56. The van der Waals surface area contributed by atoms with E-state index in [4.69, 9.17) is 4.42 Å². The lowest BCUT2D eigenvalue weighted by atomic mass is 10.1. The number of thiophene rings is 1. The van der Waals surface area contributed by atoms with Crippen LogP contribution < -0.4 is 10.9 Å². The fourth-order valence-corrected chi connectivity index (χ4v) is 3.68. The molecule has 1 aromatic carbocycles. The molecular formula is C17H15FN2O3S. The Balaban J connectivity index is 1.78. The van der Waals surface area contributed by atoms with Crippen molar-refractivity contribution in [2.24, 2.45) is 0 Å². The average molecular weight is 346 g/mol. The number of amides is 2. The lowest BCUT2D eigenvalue weighted by Gasteiger charge is -2.06. The molecule has 0 saturated carbocycles. The Bertz CT molecular complexity index is 958. The number of aryl methyl sites for hydroxylation is 3. The number of rotatable bonds is 2. The van der Waals surface area contributed by atoms with Crippen molar-refractivity contribution in [1.82, 2.24) is 10.9 Å². The minimum absolute atomic E-state index is 0.354. The van der Waals surface area contributed by atoms with E-state index in [0.717, 1.165) is 0 Å². The van der Waals surface area contributed by atoms with E-state index in [1.807, 2.05) is 0 Å². The van der Waals surface area contributed by atoms with Gasteiger partial charge in [0.15, 0.2) is 0 Å². The first kappa shape index (κ1) is 16.2. The molecule has 5 nitrogen and oxygen atoms in total. The van der Waals surface area contributed by atoms with Crippen molar-refractivity contribution >= 4 is 33.2 Å². The minimum Gasteiger partial charge on any atom is -0.466 e. The van der Waals surface area contributed by atoms with Gasteiger partial charge in [0.2, 0.25) is 0 Å². The van der Waals surface area contributed by atoms with E-state index in [9.17, 15) is 14.0 Å². The van der Waals surface area contributed by atoms with E-state index in [1.165, 1.54) is 17.4 Å². The van der Waals surface area contributed by atoms with Gasteiger partial charge in [-0.05, 0) is 44.5 Å². The van der Waals surface area contributed by atoms with Gasteiger partial charge in [-0.1, -0.05) is 6.07 Å². The third-order valence-corrected chi connectivity index (χ3v) is 4.94. The highest BCUT2D eigenvalue weighted by atomic mass is 32.1. The van der Waals surface area contributed by atoms with Gasteiger partial charge in [0.05, 0.1) is 10.4 Å². The molecule has 0 aliphatic heterocycles. The first-order valence-corrected chi connectivity index (χ1v) is 8.05. The van der Waals surface area contributed by atoms with Crippen molar-refractivity contribution in [3.63, 3.8) is 0 Å². The topological polar surface area (TPSA) is 71.3 Å². The van der Waals surface area contributed by atoms with E-state index in [-0.39, 0.29) is 5.82 Å². The molecule has 0 aliphatic rings. The molecule has 0 aliphatic carbocycles. The maximum Gasteiger partial charge on any atom is 0.280 e. The third-order valence-electron chi connectivity index (χ3n) is 3.68. The van der Waals surface area contributed by atoms with Gasteiger partial charge in [-0.15, -0.1) is 11.3 Å².